The predicted octanol–water partition coefficient (Wildman–Crippen LogP) is 1.94. The fourth-order valence-corrected chi connectivity index (χ4v) is 1.98. The van der Waals surface area contributed by atoms with Gasteiger partial charge in [0, 0.05) is 5.92 Å². The van der Waals surface area contributed by atoms with Crippen LogP contribution in [-0.4, -0.2) is 17.9 Å². The molecule has 3 atom stereocenters. The second kappa shape index (κ2) is 3.71. The van der Waals surface area contributed by atoms with Crippen LogP contribution in [0.25, 0.3) is 0 Å². The van der Waals surface area contributed by atoms with E-state index in [1.165, 1.54) is 6.92 Å². The minimum Gasteiger partial charge on any atom is -0.461 e. The maximum absolute atomic E-state index is 11.6. The Hall–Kier alpha value is -0.860. The molecule has 1 heterocycles. The van der Waals surface area contributed by atoms with Crippen molar-refractivity contribution in [1.82, 2.24) is 0 Å². The van der Waals surface area contributed by atoms with Crippen molar-refractivity contribution in [3.63, 3.8) is 0 Å². The molecule has 1 aliphatic heterocycles. The van der Waals surface area contributed by atoms with Crippen LogP contribution < -0.4 is 0 Å². The van der Waals surface area contributed by atoms with E-state index in [9.17, 15) is 9.59 Å². The third-order valence-electron chi connectivity index (χ3n) is 3.46. The van der Waals surface area contributed by atoms with Gasteiger partial charge in [0.2, 0.25) is 0 Å². The molecule has 3 heteroatoms. The molecule has 3 nitrogen and oxygen atoms in total. The summed E-state index contributed by atoms with van der Waals surface area (Å²) in [4.78, 5) is 23.0. The molecule has 0 amide bonds. The van der Waals surface area contributed by atoms with E-state index in [0.717, 1.165) is 12.8 Å². The van der Waals surface area contributed by atoms with Crippen LogP contribution in [0, 0.1) is 11.3 Å². The fraction of sp³-hybridized carbons (Fsp3) is 0.818. The molecular weight excluding hydrogens is 180 g/mol. The van der Waals surface area contributed by atoms with Gasteiger partial charge in [-0.3, -0.25) is 9.59 Å². The molecule has 14 heavy (non-hydrogen) atoms. The van der Waals surface area contributed by atoms with Gasteiger partial charge >= 0.3 is 5.97 Å². The molecule has 0 radical (unpaired) electrons. The van der Waals surface area contributed by atoms with Crippen molar-refractivity contribution in [2.45, 2.75) is 46.6 Å². The minimum atomic E-state index is -0.917. The van der Waals surface area contributed by atoms with Crippen molar-refractivity contribution in [3.05, 3.63) is 0 Å². The van der Waals surface area contributed by atoms with Crippen LogP contribution in [0.2, 0.25) is 0 Å². The molecule has 80 valence electrons. The number of carbonyl (C=O) groups is 2. The zero-order valence-corrected chi connectivity index (χ0v) is 9.29. The van der Waals surface area contributed by atoms with Gasteiger partial charge in [0.1, 0.15) is 17.3 Å². The molecule has 0 spiro atoms. The average Bonchev–Trinajstić information content (AvgIpc) is 2.32. The van der Waals surface area contributed by atoms with E-state index in [4.69, 9.17) is 4.74 Å². The monoisotopic (exact) mass is 198 g/mol. The average molecular weight is 198 g/mol. The van der Waals surface area contributed by atoms with Crippen molar-refractivity contribution in [2.24, 2.45) is 11.3 Å². The molecule has 1 aliphatic rings. The van der Waals surface area contributed by atoms with Crippen LogP contribution in [-0.2, 0) is 14.3 Å². The number of cyclic esters (lactones) is 1. The molecule has 0 aromatic rings. The Labute approximate surface area is 84.8 Å². The summed E-state index contributed by atoms with van der Waals surface area (Å²) in [6, 6.07) is 0. The van der Waals surface area contributed by atoms with E-state index in [1.807, 2.05) is 13.8 Å². The summed E-state index contributed by atoms with van der Waals surface area (Å²) in [6.45, 7) is 7.13. The highest BCUT2D eigenvalue weighted by Gasteiger charge is 2.54. The lowest BCUT2D eigenvalue weighted by Crippen LogP contribution is -2.36. The van der Waals surface area contributed by atoms with E-state index in [2.05, 4.69) is 0 Å². The van der Waals surface area contributed by atoms with E-state index in [-0.39, 0.29) is 23.8 Å². The molecule has 0 aromatic carbocycles. The predicted molar refractivity (Wildman–Crippen MR) is 52.7 cm³/mol. The Balaban J connectivity index is 2.90. The molecule has 1 fully saturated rings. The van der Waals surface area contributed by atoms with Crippen molar-refractivity contribution < 1.29 is 14.3 Å². The van der Waals surface area contributed by atoms with Gasteiger partial charge in [0.05, 0.1) is 0 Å². The highest BCUT2D eigenvalue weighted by Crippen LogP contribution is 2.41. The molecule has 0 bridgehead atoms. The van der Waals surface area contributed by atoms with Gasteiger partial charge < -0.3 is 4.74 Å². The first-order valence-corrected chi connectivity index (χ1v) is 5.16. The standard InChI is InChI=1S/C11H18O3/c1-5-6-9-7(2)11(4,8(3)12)10(13)14-9/h7,9H,5-6H2,1-4H3/t7-,9-,11-/m1/s1. The summed E-state index contributed by atoms with van der Waals surface area (Å²) in [5.41, 5.74) is -0.917. The minimum absolute atomic E-state index is 0.00699. The van der Waals surface area contributed by atoms with Gasteiger partial charge in [0.15, 0.2) is 0 Å². The first kappa shape index (κ1) is 11.2. The van der Waals surface area contributed by atoms with Crippen LogP contribution in [0.1, 0.15) is 40.5 Å². The highest BCUT2D eigenvalue weighted by atomic mass is 16.6. The SMILES string of the molecule is CCC[C@H]1OC(=O)[C@@](C)(C(C)=O)[C@@H]1C. The second-order valence-corrected chi connectivity index (χ2v) is 4.28. The molecule has 1 saturated heterocycles. The van der Waals surface area contributed by atoms with Crippen molar-refractivity contribution in [1.29, 1.82) is 0 Å². The fourth-order valence-electron chi connectivity index (χ4n) is 1.98. The highest BCUT2D eigenvalue weighted by molar-refractivity contribution is 6.03. The molecule has 0 aliphatic carbocycles. The Morgan fingerprint density at radius 1 is 1.57 bits per heavy atom. The Bertz CT molecular complexity index is 259. The zero-order chi connectivity index (χ0) is 10.9. The van der Waals surface area contributed by atoms with Gasteiger partial charge in [-0.15, -0.1) is 0 Å². The Morgan fingerprint density at radius 3 is 2.50 bits per heavy atom. The lowest BCUT2D eigenvalue weighted by Gasteiger charge is -2.22. The Kier molecular flexibility index (Phi) is 2.98. The normalized spacial score (nSPS) is 37.0. The Morgan fingerprint density at radius 2 is 2.14 bits per heavy atom. The number of Topliss-reactive ketones (excluding diaryl/α,β-unsaturated/α-hetero) is 1. The number of carbonyl (C=O) groups excluding carboxylic acids is 2. The van der Waals surface area contributed by atoms with Crippen LogP contribution in [0.3, 0.4) is 0 Å². The van der Waals surface area contributed by atoms with Crippen molar-refractivity contribution in [3.8, 4) is 0 Å². The summed E-state index contributed by atoms with van der Waals surface area (Å²) in [7, 11) is 0. The number of ether oxygens (including phenoxy) is 1. The summed E-state index contributed by atoms with van der Waals surface area (Å²) in [5.74, 6) is -0.447. The van der Waals surface area contributed by atoms with Gasteiger partial charge in [-0.2, -0.15) is 0 Å². The quantitative estimate of drug-likeness (QED) is 0.514. The lowest BCUT2D eigenvalue weighted by atomic mass is 9.74. The van der Waals surface area contributed by atoms with Gasteiger partial charge in [-0.25, -0.2) is 0 Å². The zero-order valence-electron chi connectivity index (χ0n) is 9.29. The van der Waals surface area contributed by atoms with Crippen molar-refractivity contribution >= 4 is 11.8 Å². The molecule has 0 N–H and O–H groups in total. The van der Waals surface area contributed by atoms with Crippen LogP contribution in [0.4, 0.5) is 0 Å². The maximum Gasteiger partial charge on any atom is 0.320 e. The topological polar surface area (TPSA) is 43.4 Å². The largest absolute Gasteiger partial charge is 0.461 e. The smallest absolute Gasteiger partial charge is 0.320 e. The van der Waals surface area contributed by atoms with E-state index < -0.39 is 5.41 Å². The van der Waals surface area contributed by atoms with Crippen LogP contribution >= 0.6 is 0 Å². The second-order valence-electron chi connectivity index (χ2n) is 4.28. The summed E-state index contributed by atoms with van der Waals surface area (Å²) >= 11 is 0. The number of ketones is 1. The lowest BCUT2D eigenvalue weighted by molar-refractivity contribution is -0.151. The third kappa shape index (κ3) is 1.45. The summed E-state index contributed by atoms with van der Waals surface area (Å²) in [6.07, 6.45) is 1.73. The van der Waals surface area contributed by atoms with E-state index >= 15 is 0 Å². The number of hydrogen-bond donors (Lipinski definition) is 0. The molecular formula is C11H18O3. The number of rotatable bonds is 3. The molecule has 0 unspecified atom stereocenters. The summed E-state index contributed by atoms with van der Waals surface area (Å²) < 4.78 is 5.23. The first-order chi connectivity index (χ1) is 6.44. The molecule has 0 saturated carbocycles. The van der Waals surface area contributed by atoms with E-state index in [1.54, 1.807) is 6.92 Å². The van der Waals surface area contributed by atoms with Gasteiger partial charge in [0.25, 0.3) is 0 Å². The first-order valence-electron chi connectivity index (χ1n) is 5.16. The third-order valence-corrected chi connectivity index (χ3v) is 3.46. The van der Waals surface area contributed by atoms with Crippen LogP contribution in [0.5, 0.6) is 0 Å². The summed E-state index contributed by atoms with van der Waals surface area (Å²) in [5, 5.41) is 0. The van der Waals surface area contributed by atoms with Crippen molar-refractivity contribution in [2.75, 3.05) is 0 Å². The molecule has 1 rings (SSSR count). The number of esters is 1. The molecule has 0 aromatic heterocycles. The van der Waals surface area contributed by atoms with Crippen LogP contribution in [0.15, 0.2) is 0 Å². The van der Waals surface area contributed by atoms with Gasteiger partial charge in [-0.1, -0.05) is 20.3 Å². The number of hydrogen-bond acceptors (Lipinski definition) is 3. The van der Waals surface area contributed by atoms with Gasteiger partial charge in [-0.05, 0) is 20.3 Å². The van der Waals surface area contributed by atoms with E-state index in [0.29, 0.717) is 0 Å². The maximum atomic E-state index is 11.6.